The highest BCUT2D eigenvalue weighted by Gasteiger charge is 2.14. The topological polar surface area (TPSA) is 43.8 Å². The largest absolute Gasteiger partial charge is 0.330 e. The predicted octanol–water partition coefficient (Wildman–Crippen LogP) is 1.91. The van der Waals surface area contributed by atoms with E-state index in [1.165, 1.54) is 0 Å². The summed E-state index contributed by atoms with van der Waals surface area (Å²) in [6.45, 7) is 8.44. The standard InChI is InChI=1S/C10H19N3/c1-7(2)10-12-5-6-13(10)9(4)8(3)11/h5-9H,11H2,1-4H3. The van der Waals surface area contributed by atoms with Gasteiger partial charge in [0.15, 0.2) is 0 Å². The van der Waals surface area contributed by atoms with E-state index in [-0.39, 0.29) is 6.04 Å². The van der Waals surface area contributed by atoms with Gasteiger partial charge in [-0.05, 0) is 13.8 Å². The van der Waals surface area contributed by atoms with E-state index in [4.69, 9.17) is 5.73 Å². The van der Waals surface area contributed by atoms with Gasteiger partial charge in [0, 0.05) is 30.4 Å². The molecule has 2 unspecified atom stereocenters. The van der Waals surface area contributed by atoms with E-state index in [9.17, 15) is 0 Å². The Morgan fingerprint density at radius 2 is 1.92 bits per heavy atom. The number of rotatable bonds is 3. The summed E-state index contributed by atoms with van der Waals surface area (Å²) in [5.41, 5.74) is 5.85. The van der Waals surface area contributed by atoms with Crippen molar-refractivity contribution >= 4 is 0 Å². The molecule has 0 aliphatic carbocycles. The third-order valence-corrected chi connectivity index (χ3v) is 2.41. The zero-order chi connectivity index (χ0) is 10.0. The number of aromatic nitrogens is 2. The molecule has 1 rings (SSSR count). The van der Waals surface area contributed by atoms with E-state index in [1.807, 2.05) is 19.3 Å². The van der Waals surface area contributed by atoms with Crippen molar-refractivity contribution in [3.05, 3.63) is 18.2 Å². The lowest BCUT2D eigenvalue weighted by atomic mass is 10.1. The third-order valence-electron chi connectivity index (χ3n) is 2.41. The minimum atomic E-state index is 0.159. The van der Waals surface area contributed by atoms with Crippen LogP contribution in [0.2, 0.25) is 0 Å². The van der Waals surface area contributed by atoms with Gasteiger partial charge in [0.05, 0.1) is 0 Å². The molecule has 2 atom stereocenters. The Bertz CT molecular complexity index is 263. The van der Waals surface area contributed by atoms with Crippen LogP contribution in [0.5, 0.6) is 0 Å². The molecule has 1 heterocycles. The lowest BCUT2D eigenvalue weighted by molar-refractivity contribution is 0.443. The lowest BCUT2D eigenvalue weighted by Gasteiger charge is -2.21. The van der Waals surface area contributed by atoms with Crippen molar-refractivity contribution in [1.82, 2.24) is 9.55 Å². The van der Waals surface area contributed by atoms with Gasteiger partial charge in [-0.2, -0.15) is 0 Å². The molecule has 2 N–H and O–H groups in total. The summed E-state index contributed by atoms with van der Waals surface area (Å²) < 4.78 is 2.16. The average molecular weight is 181 g/mol. The van der Waals surface area contributed by atoms with E-state index >= 15 is 0 Å². The molecule has 0 spiro atoms. The second kappa shape index (κ2) is 3.92. The smallest absolute Gasteiger partial charge is 0.111 e. The molecule has 1 aromatic heterocycles. The monoisotopic (exact) mass is 181 g/mol. The molecule has 0 amide bonds. The van der Waals surface area contributed by atoms with Crippen LogP contribution in [0.15, 0.2) is 12.4 Å². The van der Waals surface area contributed by atoms with Crippen molar-refractivity contribution in [2.45, 2.75) is 45.7 Å². The van der Waals surface area contributed by atoms with Gasteiger partial charge in [-0.1, -0.05) is 13.8 Å². The SMILES string of the molecule is CC(C)c1nccn1C(C)C(C)N. The summed E-state index contributed by atoms with van der Waals surface area (Å²) >= 11 is 0. The number of hydrogen-bond acceptors (Lipinski definition) is 2. The fourth-order valence-corrected chi connectivity index (χ4v) is 1.37. The quantitative estimate of drug-likeness (QED) is 0.774. The molecule has 3 nitrogen and oxygen atoms in total. The fraction of sp³-hybridized carbons (Fsp3) is 0.700. The van der Waals surface area contributed by atoms with Crippen molar-refractivity contribution in [3.63, 3.8) is 0 Å². The summed E-state index contributed by atoms with van der Waals surface area (Å²) in [4.78, 5) is 4.33. The first-order chi connectivity index (χ1) is 6.04. The Kier molecular flexibility index (Phi) is 3.09. The molecule has 74 valence electrons. The molecule has 0 fully saturated rings. The molecule has 0 bridgehead atoms. The molecule has 3 heteroatoms. The summed E-state index contributed by atoms with van der Waals surface area (Å²) in [7, 11) is 0. The molecular weight excluding hydrogens is 162 g/mol. The van der Waals surface area contributed by atoms with Crippen LogP contribution in [-0.4, -0.2) is 15.6 Å². The van der Waals surface area contributed by atoms with E-state index in [0.717, 1.165) is 5.82 Å². The molecule has 13 heavy (non-hydrogen) atoms. The van der Waals surface area contributed by atoms with Gasteiger partial charge in [0.1, 0.15) is 5.82 Å². The van der Waals surface area contributed by atoms with Gasteiger partial charge in [-0.15, -0.1) is 0 Å². The van der Waals surface area contributed by atoms with Crippen molar-refractivity contribution in [2.75, 3.05) is 0 Å². The number of imidazole rings is 1. The normalized spacial score (nSPS) is 16.2. The number of hydrogen-bond donors (Lipinski definition) is 1. The maximum absolute atomic E-state index is 5.85. The zero-order valence-electron chi connectivity index (χ0n) is 8.86. The fourth-order valence-electron chi connectivity index (χ4n) is 1.37. The summed E-state index contributed by atoms with van der Waals surface area (Å²) in [5, 5.41) is 0. The van der Waals surface area contributed by atoms with Crippen LogP contribution in [-0.2, 0) is 0 Å². The zero-order valence-corrected chi connectivity index (χ0v) is 8.86. The molecule has 0 aliphatic rings. The highest BCUT2D eigenvalue weighted by atomic mass is 15.1. The first kappa shape index (κ1) is 10.3. The third kappa shape index (κ3) is 2.10. The number of nitrogens with two attached hydrogens (primary N) is 1. The Morgan fingerprint density at radius 3 is 2.38 bits per heavy atom. The van der Waals surface area contributed by atoms with Crippen LogP contribution >= 0.6 is 0 Å². The molecule has 0 radical (unpaired) electrons. The van der Waals surface area contributed by atoms with E-state index < -0.39 is 0 Å². The van der Waals surface area contributed by atoms with Crippen molar-refractivity contribution in [3.8, 4) is 0 Å². The molecule has 0 saturated carbocycles. The highest BCUT2D eigenvalue weighted by Crippen LogP contribution is 2.18. The van der Waals surface area contributed by atoms with Crippen molar-refractivity contribution in [1.29, 1.82) is 0 Å². The second-order valence-corrected chi connectivity index (χ2v) is 3.95. The summed E-state index contributed by atoms with van der Waals surface area (Å²) in [6.07, 6.45) is 3.84. The van der Waals surface area contributed by atoms with Gasteiger partial charge >= 0.3 is 0 Å². The van der Waals surface area contributed by atoms with Gasteiger partial charge < -0.3 is 10.3 Å². The van der Waals surface area contributed by atoms with Crippen molar-refractivity contribution in [2.24, 2.45) is 5.73 Å². The first-order valence-electron chi connectivity index (χ1n) is 4.82. The van der Waals surface area contributed by atoms with Crippen molar-refractivity contribution < 1.29 is 0 Å². The minimum absolute atomic E-state index is 0.159. The second-order valence-electron chi connectivity index (χ2n) is 3.95. The minimum Gasteiger partial charge on any atom is -0.330 e. The predicted molar refractivity (Wildman–Crippen MR) is 54.7 cm³/mol. The first-order valence-corrected chi connectivity index (χ1v) is 4.82. The Labute approximate surface area is 80.0 Å². The molecule has 0 aliphatic heterocycles. The Hall–Kier alpha value is -0.830. The van der Waals surface area contributed by atoms with Crippen LogP contribution in [0.25, 0.3) is 0 Å². The van der Waals surface area contributed by atoms with Gasteiger partial charge in [0.2, 0.25) is 0 Å². The average Bonchev–Trinajstić information content (AvgIpc) is 2.50. The van der Waals surface area contributed by atoms with Crippen LogP contribution in [0.1, 0.15) is 45.5 Å². The highest BCUT2D eigenvalue weighted by molar-refractivity contribution is 5.00. The van der Waals surface area contributed by atoms with E-state index in [0.29, 0.717) is 12.0 Å². The summed E-state index contributed by atoms with van der Waals surface area (Å²) in [5.74, 6) is 1.57. The maximum Gasteiger partial charge on any atom is 0.111 e. The molecular formula is C10H19N3. The van der Waals surface area contributed by atoms with Crippen LogP contribution in [0, 0.1) is 0 Å². The molecule has 0 aromatic carbocycles. The van der Waals surface area contributed by atoms with Gasteiger partial charge in [-0.25, -0.2) is 4.98 Å². The lowest BCUT2D eigenvalue weighted by Crippen LogP contribution is -2.28. The number of nitrogens with zero attached hydrogens (tertiary/aromatic N) is 2. The van der Waals surface area contributed by atoms with Crippen LogP contribution in [0.4, 0.5) is 0 Å². The Balaban J connectivity index is 2.93. The molecule has 1 aromatic rings. The van der Waals surface area contributed by atoms with Crippen LogP contribution in [0.3, 0.4) is 0 Å². The maximum atomic E-state index is 5.85. The summed E-state index contributed by atoms with van der Waals surface area (Å²) in [6, 6.07) is 0.478. The van der Waals surface area contributed by atoms with Gasteiger partial charge in [-0.3, -0.25) is 0 Å². The molecule has 0 saturated heterocycles. The van der Waals surface area contributed by atoms with Gasteiger partial charge in [0.25, 0.3) is 0 Å². The van der Waals surface area contributed by atoms with Crippen LogP contribution < -0.4 is 5.73 Å². The van der Waals surface area contributed by atoms with E-state index in [2.05, 4.69) is 30.3 Å². The Morgan fingerprint density at radius 1 is 1.31 bits per heavy atom. The van der Waals surface area contributed by atoms with E-state index in [1.54, 1.807) is 0 Å².